The maximum Gasteiger partial charge on any atom is 0.120 e. The molecule has 3 heteroatoms. The summed E-state index contributed by atoms with van der Waals surface area (Å²) in [7, 11) is 0. The van der Waals surface area contributed by atoms with Crippen LogP contribution in [0, 0.1) is 0 Å². The molecule has 0 aliphatic heterocycles. The molecule has 0 aliphatic rings. The van der Waals surface area contributed by atoms with Crippen LogP contribution < -0.4 is 11.5 Å². The van der Waals surface area contributed by atoms with Crippen molar-refractivity contribution < 1.29 is 0 Å². The Bertz CT molecular complexity index is 164. The van der Waals surface area contributed by atoms with Gasteiger partial charge in [0.1, 0.15) is 5.84 Å². The number of allylic oxidation sites excluding steroid dienone is 1. The number of aliphatic imine (C=N–C) groups is 1. The van der Waals surface area contributed by atoms with E-state index in [-0.39, 0.29) is 0 Å². The van der Waals surface area contributed by atoms with Crippen molar-refractivity contribution >= 4 is 5.84 Å². The fourth-order valence-electron chi connectivity index (χ4n) is 0.449. The highest BCUT2D eigenvalue weighted by atomic mass is 14.8. The molecule has 0 saturated carbocycles. The molecule has 3 nitrogen and oxygen atoms in total. The van der Waals surface area contributed by atoms with Crippen LogP contribution in [0.25, 0.3) is 0 Å². The Kier molecular flexibility index (Phi) is 4.04. The Labute approximate surface area is 61.1 Å². The summed E-state index contributed by atoms with van der Waals surface area (Å²) in [5, 5.41) is 0. The van der Waals surface area contributed by atoms with Gasteiger partial charge >= 0.3 is 0 Å². The van der Waals surface area contributed by atoms with Gasteiger partial charge in [-0.1, -0.05) is 6.08 Å². The molecular formula is C7H13N3. The van der Waals surface area contributed by atoms with E-state index in [2.05, 4.69) is 11.6 Å². The molecule has 0 spiro atoms. The Balaban J connectivity index is 3.94. The molecule has 0 atom stereocenters. The Morgan fingerprint density at radius 2 is 2.20 bits per heavy atom. The Morgan fingerprint density at radius 1 is 1.60 bits per heavy atom. The number of amidine groups is 1. The van der Waals surface area contributed by atoms with Gasteiger partial charge in [-0.2, -0.15) is 0 Å². The van der Waals surface area contributed by atoms with Crippen LogP contribution in [0.15, 0.2) is 29.4 Å². The minimum atomic E-state index is 0.444. The van der Waals surface area contributed by atoms with Gasteiger partial charge in [-0.25, -0.2) is 0 Å². The molecule has 0 heterocycles. The molecule has 4 N–H and O–H groups in total. The van der Waals surface area contributed by atoms with Crippen LogP contribution in [0.2, 0.25) is 0 Å². The molecule has 10 heavy (non-hydrogen) atoms. The average molecular weight is 139 g/mol. The van der Waals surface area contributed by atoms with E-state index in [1.165, 1.54) is 0 Å². The Morgan fingerprint density at radius 3 is 2.60 bits per heavy atom. The molecule has 0 radical (unpaired) electrons. The van der Waals surface area contributed by atoms with Gasteiger partial charge in [0.05, 0.1) is 6.54 Å². The van der Waals surface area contributed by atoms with Crippen LogP contribution >= 0.6 is 0 Å². The lowest BCUT2D eigenvalue weighted by Gasteiger charge is -1.91. The first kappa shape index (κ1) is 8.75. The van der Waals surface area contributed by atoms with Crippen molar-refractivity contribution in [1.82, 2.24) is 0 Å². The van der Waals surface area contributed by atoms with Crippen molar-refractivity contribution in [2.75, 3.05) is 6.54 Å². The second-order valence-electron chi connectivity index (χ2n) is 1.94. The van der Waals surface area contributed by atoms with E-state index < -0.39 is 0 Å². The molecule has 0 aromatic carbocycles. The molecule has 0 aliphatic carbocycles. The quantitative estimate of drug-likeness (QED) is 0.337. The van der Waals surface area contributed by atoms with Crippen molar-refractivity contribution in [1.29, 1.82) is 0 Å². The second-order valence-corrected chi connectivity index (χ2v) is 1.94. The van der Waals surface area contributed by atoms with Crippen LogP contribution in [-0.2, 0) is 0 Å². The molecule has 0 amide bonds. The molecule has 0 saturated heterocycles. The zero-order valence-electron chi connectivity index (χ0n) is 6.17. The first-order valence-corrected chi connectivity index (χ1v) is 3.01. The van der Waals surface area contributed by atoms with E-state index in [0.29, 0.717) is 18.1 Å². The van der Waals surface area contributed by atoms with E-state index in [4.69, 9.17) is 11.5 Å². The molecule has 0 unspecified atom stereocenters. The first-order valence-electron chi connectivity index (χ1n) is 3.01. The highest BCUT2D eigenvalue weighted by molar-refractivity contribution is 5.91. The summed E-state index contributed by atoms with van der Waals surface area (Å²) < 4.78 is 0. The fraction of sp³-hybridized carbons (Fsp3) is 0.286. The van der Waals surface area contributed by atoms with Crippen molar-refractivity contribution in [3.05, 3.63) is 24.4 Å². The molecule has 56 valence electrons. The number of nitrogens with zero attached hydrogens (tertiary/aromatic N) is 1. The summed E-state index contributed by atoms with van der Waals surface area (Å²) in [4.78, 5) is 3.90. The second kappa shape index (κ2) is 4.61. The smallest absolute Gasteiger partial charge is 0.120 e. The van der Waals surface area contributed by atoms with E-state index in [1.54, 1.807) is 19.1 Å². The predicted molar refractivity (Wildman–Crippen MR) is 44.6 cm³/mol. The van der Waals surface area contributed by atoms with Gasteiger partial charge in [0, 0.05) is 5.70 Å². The summed E-state index contributed by atoms with van der Waals surface area (Å²) in [6.07, 6.45) is 3.29. The summed E-state index contributed by atoms with van der Waals surface area (Å²) in [6.45, 7) is 5.79. The fourth-order valence-corrected chi connectivity index (χ4v) is 0.449. The lowest BCUT2D eigenvalue weighted by Crippen LogP contribution is -2.10. The van der Waals surface area contributed by atoms with Gasteiger partial charge in [-0.3, -0.25) is 4.99 Å². The first-order chi connectivity index (χ1) is 4.66. The molecule has 0 bridgehead atoms. The number of hydrogen-bond donors (Lipinski definition) is 2. The summed E-state index contributed by atoms with van der Waals surface area (Å²) in [5.41, 5.74) is 11.4. The van der Waals surface area contributed by atoms with Crippen LogP contribution in [0.5, 0.6) is 0 Å². The van der Waals surface area contributed by atoms with Crippen molar-refractivity contribution in [2.24, 2.45) is 16.5 Å². The largest absolute Gasteiger partial charge is 0.402 e. The summed E-state index contributed by atoms with van der Waals surface area (Å²) >= 11 is 0. The zero-order valence-corrected chi connectivity index (χ0v) is 6.17. The van der Waals surface area contributed by atoms with Gasteiger partial charge in [0.25, 0.3) is 0 Å². The minimum absolute atomic E-state index is 0.444. The normalized spacial score (nSPS) is 13.3. The van der Waals surface area contributed by atoms with E-state index in [0.717, 1.165) is 0 Å². The maximum atomic E-state index is 5.41. The lowest BCUT2D eigenvalue weighted by atomic mass is 10.4. The lowest BCUT2D eigenvalue weighted by molar-refractivity contribution is 1.23. The van der Waals surface area contributed by atoms with Crippen LogP contribution in [0.3, 0.4) is 0 Å². The van der Waals surface area contributed by atoms with Gasteiger partial charge in [0.15, 0.2) is 0 Å². The van der Waals surface area contributed by atoms with Crippen LogP contribution in [0.4, 0.5) is 0 Å². The molecule has 0 fully saturated rings. The average Bonchev–Trinajstić information content (AvgIpc) is 1.82. The molecule has 0 aromatic rings. The highest BCUT2D eigenvalue weighted by Gasteiger charge is 1.82. The monoisotopic (exact) mass is 139 g/mol. The standard InChI is InChI=1S/C7H13N3/c1-3-4-10-7(9)5-6(2)8/h3,5H,1,4,8H2,2H3,(H2,9,10)/b6-5-. The highest BCUT2D eigenvalue weighted by Crippen LogP contribution is 1.80. The maximum absolute atomic E-state index is 5.41. The number of nitrogens with two attached hydrogens (primary N) is 2. The van der Waals surface area contributed by atoms with Crippen molar-refractivity contribution in [2.45, 2.75) is 6.92 Å². The summed E-state index contributed by atoms with van der Waals surface area (Å²) in [5.74, 6) is 0.444. The summed E-state index contributed by atoms with van der Waals surface area (Å²) in [6, 6.07) is 0. The van der Waals surface area contributed by atoms with Gasteiger partial charge < -0.3 is 11.5 Å². The van der Waals surface area contributed by atoms with Crippen molar-refractivity contribution in [3.63, 3.8) is 0 Å². The van der Waals surface area contributed by atoms with Crippen LogP contribution in [0.1, 0.15) is 6.92 Å². The van der Waals surface area contributed by atoms with Gasteiger partial charge in [0.2, 0.25) is 0 Å². The third-order valence-corrected chi connectivity index (χ3v) is 0.779. The zero-order chi connectivity index (χ0) is 7.98. The van der Waals surface area contributed by atoms with Gasteiger partial charge in [-0.05, 0) is 13.0 Å². The number of rotatable bonds is 3. The number of hydrogen-bond acceptors (Lipinski definition) is 2. The van der Waals surface area contributed by atoms with Gasteiger partial charge in [-0.15, -0.1) is 6.58 Å². The third kappa shape index (κ3) is 4.90. The van der Waals surface area contributed by atoms with E-state index >= 15 is 0 Å². The van der Waals surface area contributed by atoms with Crippen LogP contribution in [-0.4, -0.2) is 12.4 Å². The minimum Gasteiger partial charge on any atom is -0.402 e. The van der Waals surface area contributed by atoms with E-state index in [9.17, 15) is 0 Å². The molecule has 0 aromatic heterocycles. The topological polar surface area (TPSA) is 64.4 Å². The Hall–Kier alpha value is -1.25. The predicted octanol–water partition coefficient (Wildman–Crippen LogP) is 0.392. The third-order valence-electron chi connectivity index (χ3n) is 0.779. The van der Waals surface area contributed by atoms with E-state index in [1.807, 2.05) is 0 Å². The van der Waals surface area contributed by atoms with Crippen molar-refractivity contribution in [3.8, 4) is 0 Å². The molecule has 0 rings (SSSR count). The SMILES string of the molecule is C=CCN=C(N)/C=C(/C)N. The molecular weight excluding hydrogens is 126 g/mol.